The highest BCUT2D eigenvalue weighted by molar-refractivity contribution is 4.42. The lowest BCUT2D eigenvalue weighted by molar-refractivity contribution is 0.282. The molecule has 0 amide bonds. The molecule has 0 aromatic rings. The van der Waals surface area contributed by atoms with E-state index in [4.69, 9.17) is 10.6 Å². The fourth-order valence-corrected chi connectivity index (χ4v) is 0.656. The molecule has 0 fully saturated rings. The minimum Gasteiger partial charge on any atom is -0.396 e. The number of unbranched alkanes of at least 4 members (excludes halogenated alkanes) is 3. The maximum absolute atomic E-state index is 8.36. The van der Waals surface area contributed by atoms with Crippen LogP contribution in [-0.4, -0.2) is 18.3 Å². The van der Waals surface area contributed by atoms with Crippen LogP contribution in [0.5, 0.6) is 0 Å². The van der Waals surface area contributed by atoms with E-state index in [2.05, 4.69) is 5.11 Å². The van der Waals surface area contributed by atoms with Crippen LogP contribution < -0.4 is 0 Å². The van der Waals surface area contributed by atoms with Gasteiger partial charge in [-0.2, -0.15) is 5.11 Å². The maximum Gasteiger partial charge on any atom is 0.0596 e. The summed E-state index contributed by atoms with van der Waals surface area (Å²) < 4.78 is 0. The van der Waals surface area contributed by atoms with E-state index < -0.39 is 0 Å². The van der Waals surface area contributed by atoms with Crippen LogP contribution in [0.15, 0.2) is 5.11 Å². The van der Waals surface area contributed by atoms with Gasteiger partial charge in [0.1, 0.15) is 0 Å². The molecular weight excluding hydrogens is 116 g/mol. The molecule has 0 aromatic carbocycles. The Kier molecular flexibility index (Phi) is 7.19. The number of nitrogens with zero attached hydrogens (tertiary/aromatic N) is 1. The summed E-state index contributed by atoms with van der Waals surface area (Å²) in [5.41, 5.74) is 6.46. The molecule has 0 aromatic heterocycles. The Balaban J connectivity index is 2.66. The van der Waals surface area contributed by atoms with Gasteiger partial charge in [-0.05, 0) is 12.8 Å². The Morgan fingerprint density at radius 2 is 1.78 bits per heavy atom. The summed E-state index contributed by atoms with van der Waals surface area (Å²) in [5.74, 6) is 0. The quantitative estimate of drug-likeness (QED) is 0.416. The van der Waals surface area contributed by atoms with Gasteiger partial charge in [-0.25, -0.2) is 5.53 Å². The molecule has 9 heavy (non-hydrogen) atoms. The molecular formula is C6H14N2O. The van der Waals surface area contributed by atoms with Gasteiger partial charge in [0.05, 0.1) is 6.54 Å². The summed E-state index contributed by atoms with van der Waals surface area (Å²) in [6.07, 6.45) is 4.02. The number of nitrogens with one attached hydrogen (secondary N) is 1. The van der Waals surface area contributed by atoms with E-state index in [-0.39, 0.29) is 6.61 Å². The predicted octanol–water partition coefficient (Wildman–Crippen LogP) is 1.57. The fraction of sp³-hybridized carbons (Fsp3) is 1.00. The van der Waals surface area contributed by atoms with Crippen LogP contribution in [0.1, 0.15) is 25.7 Å². The molecule has 0 bridgehead atoms. The van der Waals surface area contributed by atoms with E-state index in [1.54, 1.807) is 0 Å². The van der Waals surface area contributed by atoms with Crippen LogP contribution in [0.25, 0.3) is 0 Å². The van der Waals surface area contributed by atoms with E-state index in [0.717, 1.165) is 25.7 Å². The standard InChI is InChI=1S/C6H14N2O/c7-8-5-3-1-2-4-6-9/h7,9H,1-6H2. The van der Waals surface area contributed by atoms with E-state index in [0.29, 0.717) is 6.54 Å². The zero-order valence-electron chi connectivity index (χ0n) is 5.64. The summed E-state index contributed by atoms with van der Waals surface area (Å²) in [6, 6.07) is 0. The number of hydrogen-bond acceptors (Lipinski definition) is 3. The summed E-state index contributed by atoms with van der Waals surface area (Å²) in [6.45, 7) is 0.934. The van der Waals surface area contributed by atoms with Crippen LogP contribution in [0, 0.1) is 5.53 Å². The fourth-order valence-electron chi connectivity index (χ4n) is 0.656. The first-order valence-electron chi connectivity index (χ1n) is 3.36. The lowest BCUT2D eigenvalue weighted by Crippen LogP contribution is -1.84. The van der Waals surface area contributed by atoms with Crippen LogP contribution in [0.2, 0.25) is 0 Å². The molecule has 2 N–H and O–H groups in total. The van der Waals surface area contributed by atoms with Gasteiger partial charge in [-0.1, -0.05) is 12.8 Å². The van der Waals surface area contributed by atoms with Crippen molar-refractivity contribution in [3.8, 4) is 0 Å². The first-order chi connectivity index (χ1) is 4.41. The molecule has 0 aliphatic rings. The molecule has 3 heteroatoms. The summed E-state index contributed by atoms with van der Waals surface area (Å²) in [5, 5.41) is 11.6. The van der Waals surface area contributed by atoms with E-state index in [9.17, 15) is 0 Å². The summed E-state index contributed by atoms with van der Waals surface area (Å²) in [4.78, 5) is 0. The van der Waals surface area contributed by atoms with Crippen molar-refractivity contribution < 1.29 is 5.11 Å². The molecule has 0 saturated carbocycles. The highest BCUT2D eigenvalue weighted by atomic mass is 16.2. The Morgan fingerprint density at radius 3 is 2.33 bits per heavy atom. The molecule has 0 aliphatic carbocycles. The number of hydrogen-bond donors (Lipinski definition) is 2. The highest BCUT2D eigenvalue weighted by Crippen LogP contribution is 1.98. The molecule has 0 unspecified atom stereocenters. The molecule has 0 rings (SSSR count). The van der Waals surface area contributed by atoms with Gasteiger partial charge in [0.25, 0.3) is 0 Å². The lowest BCUT2D eigenvalue weighted by Gasteiger charge is -1.93. The third-order valence-corrected chi connectivity index (χ3v) is 1.18. The molecule has 54 valence electrons. The normalized spacial score (nSPS) is 9.44. The third-order valence-electron chi connectivity index (χ3n) is 1.18. The molecule has 0 radical (unpaired) electrons. The second kappa shape index (κ2) is 7.56. The molecule has 0 saturated heterocycles. The smallest absolute Gasteiger partial charge is 0.0596 e. The van der Waals surface area contributed by atoms with E-state index >= 15 is 0 Å². The largest absolute Gasteiger partial charge is 0.396 e. The van der Waals surface area contributed by atoms with Crippen molar-refractivity contribution in [2.75, 3.05) is 13.2 Å². The zero-order valence-corrected chi connectivity index (χ0v) is 5.64. The Bertz CT molecular complexity index is 66.1. The molecule has 0 atom stereocenters. The van der Waals surface area contributed by atoms with Crippen molar-refractivity contribution >= 4 is 0 Å². The third kappa shape index (κ3) is 7.56. The maximum atomic E-state index is 8.36. The monoisotopic (exact) mass is 130 g/mol. The van der Waals surface area contributed by atoms with Gasteiger partial charge in [0.15, 0.2) is 0 Å². The minimum atomic E-state index is 0.290. The summed E-state index contributed by atoms with van der Waals surface area (Å²) >= 11 is 0. The average Bonchev–Trinajstić information content (AvgIpc) is 1.89. The molecule has 3 nitrogen and oxygen atoms in total. The topological polar surface area (TPSA) is 56.4 Å². The van der Waals surface area contributed by atoms with Crippen LogP contribution in [-0.2, 0) is 0 Å². The second-order valence-electron chi connectivity index (χ2n) is 2.02. The van der Waals surface area contributed by atoms with E-state index in [1.165, 1.54) is 0 Å². The van der Waals surface area contributed by atoms with Gasteiger partial charge >= 0.3 is 0 Å². The number of aliphatic hydroxyl groups excluding tert-OH is 1. The Morgan fingerprint density at radius 1 is 1.11 bits per heavy atom. The van der Waals surface area contributed by atoms with Crippen LogP contribution >= 0.6 is 0 Å². The van der Waals surface area contributed by atoms with Gasteiger partial charge in [0.2, 0.25) is 0 Å². The SMILES string of the molecule is N=NCCCCCCO. The predicted molar refractivity (Wildman–Crippen MR) is 35.6 cm³/mol. The second-order valence-corrected chi connectivity index (χ2v) is 2.02. The molecule has 0 aliphatic heterocycles. The zero-order chi connectivity index (χ0) is 6.95. The first kappa shape index (κ1) is 8.56. The average molecular weight is 130 g/mol. The van der Waals surface area contributed by atoms with E-state index in [1.807, 2.05) is 0 Å². The van der Waals surface area contributed by atoms with Crippen molar-refractivity contribution in [1.29, 1.82) is 5.53 Å². The molecule has 0 heterocycles. The summed E-state index contributed by atoms with van der Waals surface area (Å²) in [7, 11) is 0. The van der Waals surface area contributed by atoms with Gasteiger partial charge in [0, 0.05) is 6.61 Å². The van der Waals surface area contributed by atoms with Crippen LogP contribution in [0.3, 0.4) is 0 Å². The van der Waals surface area contributed by atoms with Gasteiger partial charge < -0.3 is 5.11 Å². The Hall–Kier alpha value is -0.440. The number of rotatable bonds is 6. The lowest BCUT2D eigenvalue weighted by atomic mass is 10.2. The highest BCUT2D eigenvalue weighted by Gasteiger charge is 1.86. The molecule has 0 spiro atoms. The van der Waals surface area contributed by atoms with Crippen molar-refractivity contribution in [3.63, 3.8) is 0 Å². The van der Waals surface area contributed by atoms with Crippen molar-refractivity contribution in [3.05, 3.63) is 0 Å². The Labute approximate surface area is 55.6 Å². The van der Waals surface area contributed by atoms with Crippen molar-refractivity contribution in [1.82, 2.24) is 0 Å². The van der Waals surface area contributed by atoms with Crippen molar-refractivity contribution in [2.45, 2.75) is 25.7 Å². The minimum absolute atomic E-state index is 0.290. The number of aliphatic hydroxyl groups is 1. The van der Waals surface area contributed by atoms with Crippen LogP contribution in [0.4, 0.5) is 0 Å². The van der Waals surface area contributed by atoms with Gasteiger partial charge in [-0.3, -0.25) is 0 Å². The van der Waals surface area contributed by atoms with Gasteiger partial charge in [-0.15, -0.1) is 0 Å². The first-order valence-corrected chi connectivity index (χ1v) is 3.36. The van der Waals surface area contributed by atoms with Crippen molar-refractivity contribution in [2.24, 2.45) is 5.11 Å².